The SMILES string of the molecule is CCCCOc1ccc(F)c(-n2nc(C)c3c(=O)[nH]c4ccc(N(C)C)nc4c32)c1. The molecule has 1 aromatic carbocycles. The first kappa shape index (κ1) is 19.9. The maximum atomic E-state index is 14.9. The molecule has 156 valence electrons. The highest BCUT2D eigenvalue weighted by molar-refractivity contribution is 6.03. The molecule has 0 fully saturated rings. The van der Waals surface area contributed by atoms with E-state index in [1.165, 1.54) is 10.7 Å². The number of nitrogens with one attached hydrogen (secondary N) is 1. The van der Waals surface area contributed by atoms with E-state index in [9.17, 15) is 9.18 Å². The molecular weight excluding hydrogens is 385 g/mol. The van der Waals surface area contributed by atoms with Gasteiger partial charge in [0.1, 0.15) is 34.1 Å². The fraction of sp³-hybridized carbons (Fsp3) is 0.318. The minimum atomic E-state index is -0.459. The van der Waals surface area contributed by atoms with Crippen LogP contribution in [0.3, 0.4) is 0 Å². The number of fused-ring (bicyclic) bond motifs is 3. The summed E-state index contributed by atoms with van der Waals surface area (Å²) in [6, 6.07) is 8.18. The maximum Gasteiger partial charge on any atom is 0.259 e. The number of rotatable bonds is 6. The third kappa shape index (κ3) is 3.38. The second kappa shape index (κ2) is 7.78. The van der Waals surface area contributed by atoms with Crippen molar-refractivity contribution in [3.63, 3.8) is 0 Å². The summed E-state index contributed by atoms with van der Waals surface area (Å²) in [7, 11) is 3.77. The molecule has 0 aliphatic heterocycles. The van der Waals surface area contributed by atoms with Crippen molar-refractivity contribution in [2.45, 2.75) is 26.7 Å². The molecule has 8 heteroatoms. The van der Waals surface area contributed by atoms with Crippen molar-refractivity contribution in [3.05, 3.63) is 52.2 Å². The molecular formula is C22H24FN5O2. The van der Waals surface area contributed by atoms with Gasteiger partial charge in [-0.25, -0.2) is 14.1 Å². The molecule has 0 saturated carbocycles. The van der Waals surface area contributed by atoms with Crippen LogP contribution in [-0.4, -0.2) is 40.5 Å². The number of pyridine rings is 2. The molecule has 0 radical (unpaired) electrons. The number of anilines is 1. The number of benzene rings is 1. The molecule has 0 spiro atoms. The van der Waals surface area contributed by atoms with Crippen LogP contribution in [0.2, 0.25) is 0 Å². The average Bonchev–Trinajstić information content (AvgIpc) is 3.07. The lowest BCUT2D eigenvalue weighted by molar-refractivity contribution is 0.309. The van der Waals surface area contributed by atoms with Crippen LogP contribution in [0.15, 0.2) is 35.1 Å². The first-order chi connectivity index (χ1) is 14.4. The molecule has 3 aromatic heterocycles. The second-order valence-electron chi connectivity index (χ2n) is 7.45. The van der Waals surface area contributed by atoms with E-state index in [2.05, 4.69) is 17.0 Å². The Bertz CT molecular complexity index is 1290. The zero-order valence-electron chi connectivity index (χ0n) is 17.5. The third-order valence-corrected chi connectivity index (χ3v) is 5.01. The van der Waals surface area contributed by atoms with Gasteiger partial charge in [-0.15, -0.1) is 0 Å². The van der Waals surface area contributed by atoms with Gasteiger partial charge in [0.15, 0.2) is 0 Å². The largest absolute Gasteiger partial charge is 0.494 e. The molecule has 0 unspecified atom stereocenters. The summed E-state index contributed by atoms with van der Waals surface area (Å²) in [5, 5.41) is 4.88. The summed E-state index contributed by atoms with van der Waals surface area (Å²) in [6.07, 6.45) is 1.92. The van der Waals surface area contributed by atoms with E-state index in [1.807, 2.05) is 25.1 Å². The summed E-state index contributed by atoms with van der Waals surface area (Å²) >= 11 is 0. The predicted molar refractivity (Wildman–Crippen MR) is 116 cm³/mol. The Labute approximate surface area is 173 Å². The normalized spacial score (nSPS) is 11.4. The van der Waals surface area contributed by atoms with Gasteiger partial charge in [-0.2, -0.15) is 5.10 Å². The lowest BCUT2D eigenvalue weighted by atomic mass is 10.2. The van der Waals surface area contributed by atoms with Crippen molar-refractivity contribution in [1.29, 1.82) is 0 Å². The molecule has 3 heterocycles. The fourth-order valence-corrected chi connectivity index (χ4v) is 3.44. The number of hydrogen-bond donors (Lipinski definition) is 1. The van der Waals surface area contributed by atoms with Crippen LogP contribution in [0, 0.1) is 12.7 Å². The van der Waals surface area contributed by atoms with Gasteiger partial charge in [-0.1, -0.05) is 13.3 Å². The molecule has 0 amide bonds. The molecule has 0 aliphatic carbocycles. The lowest BCUT2D eigenvalue weighted by Crippen LogP contribution is -2.13. The summed E-state index contributed by atoms with van der Waals surface area (Å²) in [5.41, 5.74) is 2.02. The molecule has 30 heavy (non-hydrogen) atoms. The van der Waals surface area contributed by atoms with Crippen molar-refractivity contribution < 1.29 is 9.13 Å². The van der Waals surface area contributed by atoms with Gasteiger partial charge in [0.2, 0.25) is 0 Å². The predicted octanol–water partition coefficient (Wildman–Crippen LogP) is 3.95. The third-order valence-electron chi connectivity index (χ3n) is 5.01. The molecule has 0 saturated heterocycles. The highest BCUT2D eigenvalue weighted by atomic mass is 19.1. The summed E-state index contributed by atoms with van der Waals surface area (Å²) in [4.78, 5) is 22.2. The number of nitrogens with zero attached hydrogens (tertiary/aromatic N) is 4. The number of hydrogen-bond acceptors (Lipinski definition) is 5. The quantitative estimate of drug-likeness (QED) is 0.488. The van der Waals surface area contributed by atoms with Gasteiger partial charge in [0.05, 0.1) is 23.2 Å². The molecule has 7 nitrogen and oxygen atoms in total. The number of H-pyrrole nitrogens is 1. The minimum absolute atomic E-state index is 0.214. The summed E-state index contributed by atoms with van der Waals surface area (Å²) < 4.78 is 22.1. The number of aromatic nitrogens is 4. The van der Waals surface area contributed by atoms with E-state index in [4.69, 9.17) is 9.72 Å². The van der Waals surface area contributed by atoms with E-state index in [0.717, 1.165) is 18.7 Å². The minimum Gasteiger partial charge on any atom is -0.494 e. The van der Waals surface area contributed by atoms with E-state index < -0.39 is 5.82 Å². The smallest absolute Gasteiger partial charge is 0.259 e. The van der Waals surface area contributed by atoms with Gasteiger partial charge in [-0.3, -0.25) is 4.79 Å². The number of unbranched alkanes of at least 4 members (excludes halogenated alkanes) is 1. The first-order valence-electron chi connectivity index (χ1n) is 9.93. The second-order valence-corrected chi connectivity index (χ2v) is 7.45. The van der Waals surface area contributed by atoms with Gasteiger partial charge >= 0.3 is 0 Å². The Kier molecular flexibility index (Phi) is 5.15. The standard InChI is InChI=1S/C22H24FN5O2/c1-5-6-11-30-14-7-8-15(23)17(12-14)28-21-19(13(2)26-28)22(29)24-16-9-10-18(27(3)4)25-20(16)21/h7-10,12H,5-6,11H2,1-4H3,(H,24,29). The summed E-state index contributed by atoms with van der Waals surface area (Å²) in [5.74, 6) is 0.815. The van der Waals surface area contributed by atoms with E-state index >= 15 is 0 Å². The molecule has 0 bridgehead atoms. The molecule has 1 N–H and O–H groups in total. The number of ether oxygens (including phenoxy) is 1. The summed E-state index contributed by atoms with van der Waals surface area (Å²) in [6.45, 7) is 4.36. The van der Waals surface area contributed by atoms with Crippen LogP contribution < -0.4 is 15.2 Å². The molecule has 0 aliphatic rings. The Balaban J connectivity index is 2.00. The maximum absolute atomic E-state index is 14.9. The average molecular weight is 409 g/mol. The number of halogens is 1. The zero-order chi connectivity index (χ0) is 21.4. The van der Waals surface area contributed by atoms with Crippen LogP contribution in [0.4, 0.5) is 10.2 Å². The van der Waals surface area contributed by atoms with Gasteiger partial charge in [-0.05, 0) is 37.6 Å². The first-order valence-corrected chi connectivity index (χ1v) is 9.93. The van der Waals surface area contributed by atoms with Crippen molar-refractivity contribution in [2.75, 3.05) is 25.6 Å². The van der Waals surface area contributed by atoms with Crippen molar-refractivity contribution in [1.82, 2.24) is 19.7 Å². The highest BCUT2D eigenvalue weighted by Crippen LogP contribution is 2.29. The van der Waals surface area contributed by atoms with Crippen LogP contribution in [0.1, 0.15) is 25.5 Å². The van der Waals surface area contributed by atoms with Crippen molar-refractivity contribution in [2.24, 2.45) is 0 Å². The molecule has 4 rings (SSSR count). The van der Waals surface area contributed by atoms with Crippen molar-refractivity contribution >= 4 is 27.8 Å². The van der Waals surface area contributed by atoms with Crippen LogP contribution >= 0.6 is 0 Å². The van der Waals surface area contributed by atoms with Crippen LogP contribution in [0.25, 0.3) is 27.6 Å². The van der Waals surface area contributed by atoms with Gasteiger partial charge in [0.25, 0.3) is 5.56 Å². The van der Waals surface area contributed by atoms with Crippen molar-refractivity contribution in [3.8, 4) is 11.4 Å². The van der Waals surface area contributed by atoms with E-state index in [0.29, 0.717) is 40.0 Å². The molecule has 4 aromatic rings. The Morgan fingerprint density at radius 2 is 2.03 bits per heavy atom. The van der Waals surface area contributed by atoms with E-state index in [1.54, 1.807) is 25.1 Å². The fourth-order valence-electron chi connectivity index (χ4n) is 3.44. The van der Waals surface area contributed by atoms with Crippen LogP contribution in [0.5, 0.6) is 5.75 Å². The topological polar surface area (TPSA) is 76.0 Å². The van der Waals surface area contributed by atoms with Gasteiger partial charge in [0, 0.05) is 20.2 Å². The zero-order valence-corrected chi connectivity index (χ0v) is 17.5. The van der Waals surface area contributed by atoms with E-state index in [-0.39, 0.29) is 11.2 Å². The number of aromatic amines is 1. The Morgan fingerprint density at radius 3 is 2.77 bits per heavy atom. The number of aryl methyl sites for hydroxylation is 1. The van der Waals surface area contributed by atoms with Crippen LogP contribution in [-0.2, 0) is 0 Å². The Morgan fingerprint density at radius 1 is 1.23 bits per heavy atom. The van der Waals surface area contributed by atoms with Gasteiger partial charge < -0.3 is 14.6 Å². The molecule has 0 atom stereocenters. The highest BCUT2D eigenvalue weighted by Gasteiger charge is 2.20. The Hall–Kier alpha value is -3.42. The lowest BCUT2D eigenvalue weighted by Gasteiger charge is -2.13. The monoisotopic (exact) mass is 409 g/mol.